The summed E-state index contributed by atoms with van der Waals surface area (Å²) in [5.41, 5.74) is 2.77. The Hall–Kier alpha value is -1.97. The van der Waals surface area contributed by atoms with Crippen LogP contribution in [-0.2, 0) is 9.59 Å². The van der Waals surface area contributed by atoms with Crippen molar-refractivity contribution in [2.75, 3.05) is 0 Å². The summed E-state index contributed by atoms with van der Waals surface area (Å²) in [4.78, 5) is 27.1. The summed E-state index contributed by atoms with van der Waals surface area (Å²) in [7, 11) is 0. The van der Waals surface area contributed by atoms with Crippen LogP contribution in [0.3, 0.4) is 0 Å². The summed E-state index contributed by atoms with van der Waals surface area (Å²) in [5.74, 6) is -0.752. The minimum atomic E-state index is -0.415. The molecule has 2 bridgehead atoms. The molecular weight excluding hydrogens is 204 g/mol. The standard InChI is InChI=1S/C12H10N2O2/c1-6-3-8-9-5-14(12(8)13-4-6)10(9)11(16)7(2)15/h3-5,10H,1-2H3/t10-/m0/s1. The fourth-order valence-electron chi connectivity index (χ4n) is 2.20. The third-order valence-corrected chi connectivity index (χ3v) is 3.01. The van der Waals surface area contributed by atoms with E-state index in [9.17, 15) is 9.59 Å². The second kappa shape index (κ2) is 2.78. The van der Waals surface area contributed by atoms with E-state index < -0.39 is 11.8 Å². The molecule has 2 aliphatic rings. The summed E-state index contributed by atoms with van der Waals surface area (Å²) >= 11 is 0. The topological polar surface area (TPSA) is 52.0 Å². The van der Waals surface area contributed by atoms with E-state index >= 15 is 0 Å². The Bertz CT molecular complexity index is 640. The Labute approximate surface area is 91.9 Å². The number of hydrogen-bond donors (Lipinski definition) is 0. The maximum absolute atomic E-state index is 11.7. The molecule has 0 unspecified atom stereocenters. The highest BCUT2D eigenvalue weighted by atomic mass is 16.2. The smallest absolute Gasteiger partial charge is 0.225 e. The van der Waals surface area contributed by atoms with Crippen LogP contribution in [0, 0.1) is 6.92 Å². The molecule has 80 valence electrons. The van der Waals surface area contributed by atoms with Gasteiger partial charge in [0.15, 0.2) is 5.78 Å². The first-order valence-electron chi connectivity index (χ1n) is 5.11. The van der Waals surface area contributed by atoms with E-state index in [0.29, 0.717) is 0 Å². The van der Waals surface area contributed by atoms with Crippen molar-refractivity contribution in [3.05, 3.63) is 29.6 Å². The van der Waals surface area contributed by atoms with Crippen LogP contribution in [0.15, 0.2) is 18.5 Å². The molecule has 16 heavy (non-hydrogen) atoms. The quantitative estimate of drug-likeness (QED) is 0.710. The van der Waals surface area contributed by atoms with Gasteiger partial charge in [0.2, 0.25) is 5.78 Å². The van der Waals surface area contributed by atoms with E-state index in [1.54, 1.807) is 10.8 Å². The number of Topliss-reactive ketones (excluding diaryl/α,β-unsaturated/α-hetero) is 2. The van der Waals surface area contributed by atoms with Crippen LogP contribution in [0.25, 0.3) is 11.0 Å². The molecule has 4 rings (SSSR count). The van der Waals surface area contributed by atoms with Crippen molar-refractivity contribution in [1.82, 2.24) is 9.55 Å². The lowest BCUT2D eigenvalue weighted by Crippen LogP contribution is -2.28. The lowest BCUT2D eigenvalue weighted by atomic mass is 9.98. The Balaban J connectivity index is 2.18. The van der Waals surface area contributed by atoms with Gasteiger partial charge in [-0.1, -0.05) is 0 Å². The van der Waals surface area contributed by atoms with Crippen molar-refractivity contribution in [1.29, 1.82) is 0 Å². The van der Waals surface area contributed by atoms with Crippen LogP contribution in [0.5, 0.6) is 0 Å². The Morgan fingerprint density at radius 2 is 2.19 bits per heavy atom. The predicted octanol–water partition coefficient (Wildman–Crippen LogP) is 1.41. The number of pyridine rings is 1. The van der Waals surface area contributed by atoms with Crippen molar-refractivity contribution >= 4 is 22.6 Å². The SMILES string of the molecule is CC(=O)C(=O)[C@@H]1c2cn1c1ncc(C)cc21. The number of aromatic nitrogens is 2. The number of carbonyl (C=O) groups is 2. The van der Waals surface area contributed by atoms with Crippen molar-refractivity contribution in [2.45, 2.75) is 19.9 Å². The predicted molar refractivity (Wildman–Crippen MR) is 58.3 cm³/mol. The third kappa shape index (κ3) is 0.961. The zero-order chi connectivity index (χ0) is 11.4. The molecule has 0 aliphatic carbocycles. The van der Waals surface area contributed by atoms with Crippen LogP contribution >= 0.6 is 0 Å². The van der Waals surface area contributed by atoms with E-state index in [0.717, 1.165) is 22.2 Å². The van der Waals surface area contributed by atoms with Crippen LogP contribution in [0.2, 0.25) is 0 Å². The molecule has 0 radical (unpaired) electrons. The molecule has 4 heterocycles. The van der Waals surface area contributed by atoms with Gasteiger partial charge >= 0.3 is 0 Å². The summed E-state index contributed by atoms with van der Waals surface area (Å²) in [6.45, 7) is 3.27. The number of rotatable bonds is 2. The average Bonchev–Trinajstić information content (AvgIpc) is 2.68. The minimum absolute atomic E-state index is 0.354. The molecule has 0 spiro atoms. The maximum atomic E-state index is 11.7. The van der Waals surface area contributed by atoms with Crippen molar-refractivity contribution in [3.63, 3.8) is 0 Å². The van der Waals surface area contributed by atoms with Crippen LogP contribution in [0.4, 0.5) is 0 Å². The van der Waals surface area contributed by atoms with Gasteiger partial charge in [0.05, 0.1) is 0 Å². The zero-order valence-corrected chi connectivity index (χ0v) is 9.02. The minimum Gasteiger partial charge on any atom is -0.317 e. The molecule has 0 aromatic carbocycles. The van der Waals surface area contributed by atoms with Crippen molar-refractivity contribution in [3.8, 4) is 0 Å². The number of carbonyl (C=O) groups excluding carboxylic acids is 2. The Morgan fingerprint density at radius 1 is 1.44 bits per heavy atom. The lowest BCUT2D eigenvalue weighted by Gasteiger charge is -2.20. The highest BCUT2D eigenvalue weighted by Gasteiger charge is 2.37. The monoisotopic (exact) mass is 214 g/mol. The molecular formula is C12H10N2O2. The average molecular weight is 214 g/mol. The van der Waals surface area contributed by atoms with E-state index in [1.807, 2.05) is 19.2 Å². The highest BCUT2D eigenvalue weighted by Crippen LogP contribution is 2.40. The van der Waals surface area contributed by atoms with Crippen LogP contribution in [0.1, 0.15) is 24.1 Å². The summed E-state index contributed by atoms with van der Waals surface area (Å²) in [5, 5.41) is 0.986. The zero-order valence-electron chi connectivity index (χ0n) is 9.02. The Kier molecular flexibility index (Phi) is 1.61. The van der Waals surface area contributed by atoms with Crippen molar-refractivity contribution in [2.24, 2.45) is 0 Å². The molecule has 0 amide bonds. The number of aryl methyl sites for hydroxylation is 1. The van der Waals surface area contributed by atoms with Gasteiger partial charge in [-0.05, 0) is 18.6 Å². The molecule has 2 aliphatic heterocycles. The van der Waals surface area contributed by atoms with Gasteiger partial charge in [-0.25, -0.2) is 4.98 Å². The fraction of sp³-hybridized carbons (Fsp3) is 0.250. The lowest BCUT2D eigenvalue weighted by molar-refractivity contribution is -0.136. The molecule has 4 heteroatoms. The summed E-state index contributed by atoms with van der Waals surface area (Å²) in [6, 6.07) is 1.59. The van der Waals surface area contributed by atoms with E-state index in [2.05, 4.69) is 4.98 Å². The molecule has 4 nitrogen and oxygen atoms in total. The molecule has 0 saturated heterocycles. The second-order valence-electron chi connectivity index (χ2n) is 4.20. The van der Waals surface area contributed by atoms with Gasteiger partial charge < -0.3 is 4.57 Å². The van der Waals surface area contributed by atoms with Crippen LogP contribution < -0.4 is 0 Å². The third-order valence-electron chi connectivity index (χ3n) is 3.01. The van der Waals surface area contributed by atoms with Gasteiger partial charge in [0.25, 0.3) is 0 Å². The summed E-state index contributed by atoms with van der Waals surface area (Å²) in [6.07, 6.45) is 3.64. The molecule has 2 aromatic heterocycles. The van der Waals surface area contributed by atoms with E-state index in [1.165, 1.54) is 6.92 Å². The van der Waals surface area contributed by atoms with E-state index in [4.69, 9.17) is 0 Å². The van der Waals surface area contributed by atoms with Gasteiger partial charge in [-0.3, -0.25) is 9.59 Å². The largest absolute Gasteiger partial charge is 0.317 e. The molecule has 0 N–H and O–H groups in total. The first kappa shape index (κ1) is 9.27. The maximum Gasteiger partial charge on any atom is 0.225 e. The van der Waals surface area contributed by atoms with Gasteiger partial charge in [0.1, 0.15) is 11.7 Å². The molecule has 0 saturated carbocycles. The molecule has 0 fully saturated rings. The van der Waals surface area contributed by atoms with E-state index in [-0.39, 0.29) is 5.78 Å². The Morgan fingerprint density at radius 3 is 2.88 bits per heavy atom. The number of nitrogens with zero attached hydrogens (tertiary/aromatic N) is 2. The van der Waals surface area contributed by atoms with Gasteiger partial charge in [-0.2, -0.15) is 0 Å². The second-order valence-corrected chi connectivity index (χ2v) is 4.20. The highest BCUT2D eigenvalue weighted by molar-refractivity contribution is 6.39. The normalized spacial score (nSPS) is 17.2. The number of ketones is 2. The van der Waals surface area contributed by atoms with Crippen molar-refractivity contribution < 1.29 is 9.59 Å². The number of hydrogen-bond acceptors (Lipinski definition) is 3. The first-order chi connectivity index (χ1) is 7.59. The molecule has 2 aromatic rings. The first-order valence-corrected chi connectivity index (χ1v) is 5.11. The van der Waals surface area contributed by atoms with Crippen LogP contribution in [-0.4, -0.2) is 21.1 Å². The van der Waals surface area contributed by atoms with Gasteiger partial charge in [0, 0.05) is 30.3 Å². The van der Waals surface area contributed by atoms with Gasteiger partial charge in [-0.15, -0.1) is 0 Å². The fourth-order valence-corrected chi connectivity index (χ4v) is 2.20. The molecule has 1 atom stereocenters. The summed E-state index contributed by atoms with van der Waals surface area (Å²) < 4.78 is 1.77.